The molecule has 7 nitrogen and oxygen atoms in total. The van der Waals surface area contributed by atoms with E-state index in [0.29, 0.717) is 18.3 Å². The largest absolute Gasteiger partial charge is 0.478 e. The molecule has 8 heteroatoms. The molecule has 1 atom stereocenters. The number of aromatic carboxylic acids is 1. The zero-order valence-electron chi connectivity index (χ0n) is 12.0. The number of hydrogen-bond acceptors (Lipinski definition) is 5. The van der Waals surface area contributed by atoms with Crippen molar-refractivity contribution in [3.63, 3.8) is 0 Å². The molecule has 1 aliphatic rings. The molecule has 0 bridgehead atoms. The molecule has 116 valence electrons. The van der Waals surface area contributed by atoms with Crippen molar-refractivity contribution in [1.29, 1.82) is 0 Å². The number of benzene rings is 1. The Labute approximate surface area is 124 Å². The summed E-state index contributed by atoms with van der Waals surface area (Å²) in [7, 11) is 0.0516. The number of likely N-dealkylation sites (N-methyl/N-ethyl adjacent to an activating group) is 1. The number of rotatable bonds is 4. The highest BCUT2D eigenvalue weighted by atomic mass is 32.2. The van der Waals surface area contributed by atoms with Crippen LogP contribution in [0.5, 0.6) is 0 Å². The lowest BCUT2D eigenvalue weighted by Crippen LogP contribution is -2.32. The van der Waals surface area contributed by atoms with Crippen molar-refractivity contribution in [1.82, 2.24) is 4.90 Å². The zero-order valence-corrected chi connectivity index (χ0v) is 12.8. The molecule has 0 aliphatic carbocycles. The Morgan fingerprint density at radius 3 is 2.57 bits per heavy atom. The van der Waals surface area contributed by atoms with Crippen molar-refractivity contribution in [2.45, 2.75) is 17.4 Å². The number of sulfonamides is 1. The number of carboxylic acids is 1. The molecular formula is C13H19N3O4S. The summed E-state index contributed by atoms with van der Waals surface area (Å²) >= 11 is 0. The van der Waals surface area contributed by atoms with E-state index >= 15 is 0 Å². The summed E-state index contributed by atoms with van der Waals surface area (Å²) in [6.45, 7) is 1.44. The average Bonchev–Trinajstić information content (AvgIpc) is 2.86. The highest BCUT2D eigenvalue weighted by molar-refractivity contribution is 7.89. The van der Waals surface area contributed by atoms with Crippen LogP contribution in [0.2, 0.25) is 0 Å². The molecule has 0 saturated carbocycles. The molecule has 21 heavy (non-hydrogen) atoms. The van der Waals surface area contributed by atoms with Crippen LogP contribution in [-0.4, -0.2) is 57.6 Å². The predicted octanol–water partition coefficient (Wildman–Crippen LogP) is 0.173. The summed E-state index contributed by atoms with van der Waals surface area (Å²) in [5, 5.41) is 14.4. The molecule has 1 aliphatic heterocycles. The number of carboxylic acid groups (broad SMARTS) is 1. The summed E-state index contributed by atoms with van der Waals surface area (Å²) in [5.74, 6) is -1.16. The van der Waals surface area contributed by atoms with E-state index in [-0.39, 0.29) is 10.5 Å². The minimum Gasteiger partial charge on any atom is -0.478 e. The van der Waals surface area contributed by atoms with E-state index in [2.05, 4.69) is 4.90 Å². The summed E-state index contributed by atoms with van der Waals surface area (Å²) in [6.07, 6.45) is 0.934. The van der Waals surface area contributed by atoms with Crippen molar-refractivity contribution >= 4 is 21.7 Å². The van der Waals surface area contributed by atoms with E-state index in [1.54, 1.807) is 0 Å². The minimum atomic E-state index is -3.91. The topological polar surface area (TPSA) is 104 Å². The molecule has 3 N–H and O–H groups in total. The van der Waals surface area contributed by atoms with Gasteiger partial charge in [0, 0.05) is 19.1 Å². The van der Waals surface area contributed by atoms with Gasteiger partial charge in [0.25, 0.3) is 0 Å². The highest BCUT2D eigenvalue weighted by Crippen LogP contribution is 2.28. The first-order chi connectivity index (χ1) is 9.70. The van der Waals surface area contributed by atoms with Crippen molar-refractivity contribution < 1.29 is 18.3 Å². The number of hydrogen-bond donors (Lipinski definition) is 2. The van der Waals surface area contributed by atoms with Gasteiger partial charge in [0.05, 0.1) is 16.1 Å². The van der Waals surface area contributed by atoms with E-state index < -0.39 is 16.0 Å². The summed E-state index contributed by atoms with van der Waals surface area (Å²) < 4.78 is 22.7. The molecule has 0 amide bonds. The lowest BCUT2D eigenvalue weighted by Gasteiger charge is -2.23. The molecule has 1 aromatic rings. The van der Waals surface area contributed by atoms with Gasteiger partial charge in [-0.25, -0.2) is 18.4 Å². The smallest absolute Gasteiger partial charge is 0.337 e. The summed E-state index contributed by atoms with van der Waals surface area (Å²) in [4.78, 5) is 15.3. The number of carbonyl (C=O) groups is 1. The first-order valence-electron chi connectivity index (χ1n) is 6.51. The molecule has 0 aromatic heterocycles. The molecule has 0 radical (unpaired) electrons. The third kappa shape index (κ3) is 3.34. The van der Waals surface area contributed by atoms with Crippen molar-refractivity contribution in [3.05, 3.63) is 23.8 Å². The Morgan fingerprint density at radius 2 is 2.10 bits per heavy atom. The van der Waals surface area contributed by atoms with Crippen LogP contribution in [0.15, 0.2) is 23.1 Å². The third-order valence-electron chi connectivity index (χ3n) is 3.76. The fourth-order valence-electron chi connectivity index (χ4n) is 2.52. The van der Waals surface area contributed by atoms with E-state index in [1.807, 2.05) is 19.0 Å². The van der Waals surface area contributed by atoms with Crippen molar-refractivity contribution in [2.75, 3.05) is 32.1 Å². The monoisotopic (exact) mass is 313 g/mol. The van der Waals surface area contributed by atoms with Gasteiger partial charge in [0.2, 0.25) is 10.0 Å². The quantitative estimate of drug-likeness (QED) is 0.821. The van der Waals surface area contributed by atoms with Gasteiger partial charge in [0.1, 0.15) is 0 Å². The van der Waals surface area contributed by atoms with Crippen LogP contribution in [0.1, 0.15) is 16.8 Å². The first kappa shape index (κ1) is 15.7. The number of nitrogens with two attached hydrogens (primary N) is 1. The van der Waals surface area contributed by atoms with Crippen molar-refractivity contribution in [2.24, 2.45) is 5.14 Å². The van der Waals surface area contributed by atoms with Gasteiger partial charge in [0.15, 0.2) is 0 Å². The Kier molecular flexibility index (Phi) is 4.22. The van der Waals surface area contributed by atoms with E-state index in [4.69, 9.17) is 5.14 Å². The molecule has 1 unspecified atom stereocenters. The SMILES string of the molecule is CN(C)C1CCN(c2ccc(S(N)(=O)=O)cc2C(=O)O)C1. The van der Waals surface area contributed by atoms with Crippen LogP contribution in [0.4, 0.5) is 5.69 Å². The van der Waals surface area contributed by atoms with Gasteiger partial charge in [-0.1, -0.05) is 0 Å². The van der Waals surface area contributed by atoms with E-state index in [9.17, 15) is 18.3 Å². The maximum absolute atomic E-state index is 11.4. The van der Waals surface area contributed by atoms with Gasteiger partial charge < -0.3 is 14.9 Å². The van der Waals surface area contributed by atoms with Crippen LogP contribution < -0.4 is 10.0 Å². The maximum atomic E-state index is 11.4. The van der Waals surface area contributed by atoms with Gasteiger partial charge in [-0.3, -0.25) is 0 Å². The normalized spacial score (nSPS) is 19.2. The summed E-state index contributed by atoms with van der Waals surface area (Å²) in [6, 6.07) is 4.33. The van der Waals surface area contributed by atoms with Gasteiger partial charge in [-0.05, 0) is 38.7 Å². The third-order valence-corrected chi connectivity index (χ3v) is 4.67. The number of anilines is 1. The average molecular weight is 313 g/mol. The molecule has 2 rings (SSSR count). The fraction of sp³-hybridized carbons (Fsp3) is 0.462. The first-order valence-corrected chi connectivity index (χ1v) is 8.06. The standard InChI is InChI=1S/C13H19N3O4S/c1-15(2)9-5-6-16(8-9)12-4-3-10(21(14,19)20)7-11(12)13(17)18/h3-4,7,9H,5-6,8H2,1-2H3,(H,17,18)(H2,14,19,20). The number of primary sulfonamides is 1. The lowest BCUT2D eigenvalue weighted by atomic mass is 10.1. The molecule has 0 spiro atoms. The molecule has 1 aromatic carbocycles. The number of nitrogens with zero attached hydrogens (tertiary/aromatic N) is 2. The van der Waals surface area contributed by atoms with Gasteiger partial charge in [-0.15, -0.1) is 0 Å². The Balaban J connectivity index is 2.39. The van der Waals surface area contributed by atoms with Crippen LogP contribution in [-0.2, 0) is 10.0 Å². The van der Waals surface area contributed by atoms with Crippen LogP contribution in [0.25, 0.3) is 0 Å². The van der Waals surface area contributed by atoms with Crippen molar-refractivity contribution in [3.8, 4) is 0 Å². The Morgan fingerprint density at radius 1 is 1.43 bits per heavy atom. The predicted molar refractivity (Wildman–Crippen MR) is 79.1 cm³/mol. The van der Waals surface area contributed by atoms with Gasteiger partial charge in [-0.2, -0.15) is 0 Å². The molecule has 1 heterocycles. The Hall–Kier alpha value is -1.64. The molecule has 1 fully saturated rings. The maximum Gasteiger partial charge on any atom is 0.337 e. The lowest BCUT2D eigenvalue weighted by molar-refractivity contribution is 0.0697. The second-order valence-electron chi connectivity index (χ2n) is 5.38. The van der Waals surface area contributed by atoms with Crippen LogP contribution in [0.3, 0.4) is 0 Å². The molecule has 1 saturated heterocycles. The van der Waals surface area contributed by atoms with E-state index in [1.165, 1.54) is 12.1 Å². The minimum absolute atomic E-state index is 0.0408. The summed E-state index contributed by atoms with van der Waals surface area (Å²) in [5.41, 5.74) is 0.486. The highest BCUT2D eigenvalue weighted by Gasteiger charge is 2.27. The fourth-order valence-corrected chi connectivity index (χ4v) is 3.06. The Bertz CT molecular complexity index is 657. The second kappa shape index (κ2) is 5.63. The van der Waals surface area contributed by atoms with E-state index in [0.717, 1.165) is 19.0 Å². The van der Waals surface area contributed by atoms with Crippen LogP contribution in [0, 0.1) is 0 Å². The van der Waals surface area contributed by atoms with Gasteiger partial charge >= 0.3 is 5.97 Å². The molecular weight excluding hydrogens is 294 g/mol. The second-order valence-corrected chi connectivity index (χ2v) is 6.94. The zero-order chi connectivity index (χ0) is 15.8. The van der Waals surface area contributed by atoms with Crippen LogP contribution >= 0.6 is 0 Å².